The van der Waals surface area contributed by atoms with Crippen LogP contribution in [-0.2, 0) is 5.41 Å². The fourth-order valence-corrected chi connectivity index (χ4v) is 3.70. The van der Waals surface area contributed by atoms with Crippen molar-refractivity contribution in [1.29, 1.82) is 0 Å². The number of aliphatic hydroxyl groups excluding tert-OH is 1. The van der Waals surface area contributed by atoms with Crippen LogP contribution in [0.15, 0.2) is 24.3 Å². The maximum Gasteiger partial charge on any atom is 0.314 e. The minimum absolute atomic E-state index is 0.0510. The number of ether oxygens (including phenoxy) is 1. The summed E-state index contributed by atoms with van der Waals surface area (Å²) < 4.78 is 5.56. The molecule has 140 valence electrons. The number of hydrogen-bond acceptors (Lipinski definition) is 3. The number of rotatable bonds is 8. The third kappa shape index (κ3) is 5.11. The van der Waals surface area contributed by atoms with Crippen LogP contribution in [0.5, 0.6) is 5.75 Å². The van der Waals surface area contributed by atoms with Gasteiger partial charge in [-0.25, -0.2) is 4.79 Å². The van der Waals surface area contributed by atoms with E-state index in [4.69, 9.17) is 9.84 Å². The SMILES string of the molecule is COc1ccccc1C1(CNC(=O)NCC(C)(C)CCO)CCCC1. The molecule has 2 rings (SSSR count). The molecule has 0 saturated heterocycles. The monoisotopic (exact) mass is 348 g/mol. The number of amides is 2. The van der Waals surface area contributed by atoms with Crippen LogP contribution in [0, 0.1) is 5.41 Å². The molecule has 0 radical (unpaired) electrons. The van der Waals surface area contributed by atoms with Crippen molar-refractivity contribution in [2.75, 3.05) is 26.8 Å². The first-order valence-corrected chi connectivity index (χ1v) is 9.18. The molecule has 1 fully saturated rings. The number of carbonyl (C=O) groups is 1. The average Bonchev–Trinajstić information content (AvgIpc) is 3.08. The van der Waals surface area contributed by atoms with Crippen molar-refractivity contribution in [2.24, 2.45) is 5.41 Å². The standard InChI is InChI=1S/C20H32N2O3/c1-19(2,12-13-23)14-21-18(24)22-15-20(10-6-7-11-20)16-8-4-5-9-17(16)25-3/h4-5,8-9,23H,6-7,10-15H2,1-3H3,(H2,21,22,24). The molecule has 1 aromatic rings. The second-order valence-corrected chi connectivity index (χ2v) is 7.86. The lowest BCUT2D eigenvalue weighted by atomic mass is 9.78. The van der Waals surface area contributed by atoms with E-state index in [0.717, 1.165) is 18.6 Å². The van der Waals surface area contributed by atoms with E-state index in [-0.39, 0.29) is 23.5 Å². The van der Waals surface area contributed by atoms with Gasteiger partial charge in [-0.2, -0.15) is 0 Å². The maximum atomic E-state index is 12.3. The van der Waals surface area contributed by atoms with E-state index in [9.17, 15) is 4.79 Å². The first-order chi connectivity index (χ1) is 11.9. The molecule has 0 heterocycles. The van der Waals surface area contributed by atoms with E-state index in [1.165, 1.54) is 18.4 Å². The summed E-state index contributed by atoms with van der Waals surface area (Å²) in [7, 11) is 1.70. The van der Waals surface area contributed by atoms with E-state index in [1.807, 2.05) is 32.0 Å². The Morgan fingerprint density at radius 3 is 2.56 bits per heavy atom. The van der Waals surface area contributed by atoms with Crippen LogP contribution in [-0.4, -0.2) is 37.9 Å². The fraction of sp³-hybridized carbons (Fsp3) is 0.650. The molecule has 0 unspecified atom stereocenters. The molecule has 5 nitrogen and oxygen atoms in total. The lowest BCUT2D eigenvalue weighted by Crippen LogP contribution is -2.46. The van der Waals surface area contributed by atoms with Crippen molar-refractivity contribution in [3.05, 3.63) is 29.8 Å². The Balaban J connectivity index is 1.99. The van der Waals surface area contributed by atoms with Gasteiger partial charge in [-0.05, 0) is 30.7 Å². The summed E-state index contributed by atoms with van der Waals surface area (Å²) in [6, 6.07) is 7.98. The fourth-order valence-electron chi connectivity index (χ4n) is 3.70. The third-order valence-electron chi connectivity index (χ3n) is 5.34. The van der Waals surface area contributed by atoms with Gasteiger partial charge in [0.1, 0.15) is 5.75 Å². The molecule has 1 aliphatic carbocycles. The van der Waals surface area contributed by atoms with E-state index in [1.54, 1.807) is 7.11 Å². The number of aliphatic hydroxyl groups is 1. The van der Waals surface area contributed by atoms with Crippen LogP contribution in [0.3, 0.4) is 0 Å². The lowest BCUT2D eigenvalue weighted by molar-refractivity contribution is 0.200. The molecule has 25 heavy (non-hydrogen) atoms. The van der Waals surface area contributed by atoms with Crippen molar-refractivity contribution in [1.82, 2.24) is 10.6 Å². The second kappa shape index (κ2) is 8.56. The summed E-state index contributed by atoms with van der Waals surface area (Å²) in [6.07, 6.45) is 5.13. The Labute approximate surface area is 151 Å². The van der Waals surface area contributed by atoms with Gasteiger partial charge in [0.15, 0.2) is 0 Å². The average molecular weight is 348 g/mol. The van der Waals surface area contributed by atoms with Crippen molar-refractivity contribution < 1.29 is 14.6 Å². The first kappa shape index (κ1) is 19.6. The Hall–Kier alpha value is -1.75. The van der Waals surface area contributed by atoms with Gasteiger partial charge in [-0.15, -0.1) is 0 Å². The van der Waals surface area contributed by atoms with Gasteiger partial charge in [-0.3, -0.25) is 0 Å². The third-order valence-corrected chi connectivity index (χ3v) is 5.34. The van der Waals surface area contributed by atoms with Crippen LogP contribution < -0.4 is 15.4 Å². The quantitative estimate of drug-likeness (QED) is 0.675. The van der Waals surface area contributed by atoms with E-state index < -0.39 is 0 Å². The van der Waals surface area contributed by atoms with Crippen molar-refractivity contribution in [3.63, 3.8) is 0 Å². The van der Waals surface area contributed by atoms with Gasteiger partial charge >= 0.3 is 6.03 Å². The topological polar surface area (TPSA) is 70.6 Å². The molecule has 0 bridgehead atoms. The largest absolute Gasteiger partial charge is 0.496 e. The number of benzene rings is 1. The maximum absolute atomic E-state index is 12.3. The van der Waals surface area contributed by atoms with Crippen LogP contribution in [0.4, 0.5) is 4.79 Å². The van der Waals surface area contributed by atoms with E-state index >= 15 is 0 Å². The Bertz CT molecular complexity index is 566. The molecule has 5 heteroatoms. The molecule has 0 aliphatic heterocycles. The molecule has 0 atom stereocenters. The summed E-state index contributed by atoms with van der Waals surface area (Å²) in [5, 5.41) is 15.1. The molecule has 0 aromatic heterocycles. The molecule has 0 spiro atoms. The highest BCUT2D eigenvalue weighted by molar-refractivity contribution is 5.74. The zero-order valence-corrected chi connectivity index (χ0v) is 15.7. The lowest BCUT2D eigenvalue weighted by Gasteiger charge is -2.31. The minimum Gasteiger partial charge on any atom is -0.496 e. The molecule has 2 amide bonds. The first-order valence-electron chi connectivity index (χ1n) is 9.18. The molecule has 1 saturated carbocycles. The smallest absolute Gasteiger partial charge is 0.314 e. The highest BCUT2D eigenvalue weighted by Gasteiger charge is 2.38. The van der Waals surface area contributed by atoms with Crippen LogP contribution in [0.25, 0.3) is 0 Å². The molecule has 3 N–H and O–H groups in total. The highest BCUT2D eigenvalue weighted by Crippen LogP contribution is 2.44. The van der Waals surface area contributed by atoms with Gasteiger partial charge in [0.2, 0.25) is 0 Å². The minimum atomic E-state index is -0.146. The molecular formula is C20H32N2O3. The molecule has 1 aromatic carbocycles. The number of methoxy groups -OCH3 is 1. The summed E-state index contributed by atoms with van der Waals surface area (Å²) >= 11 is 0. The van der Waals surface area contributed by atoms with Gasteiger partial charge < -0.3 is 20.5 Å². The number of carbonyl (C=O) groups excluding carboxylic acids is 1. The molecule has 1 aliphatic rings. The number of nitrogens with one attached hydrogen (secondary N) is 2. The Kier molecular flexibility index (Phi) is 6.71. The second-order valence-electron chi connectivity index (χ2n) is 7.86. The summed E-state index contributed by atoms with van der Waals surface area (Å²) in [5.74, 6) is 0.899. The number of hydrogen-bond donors (Lipinski definition) is 3. The van der Waals surface area contributed by atoms with Gasteiger partial charge in [0.05, 0.1) is 7.11 Å². The zero-order valence-electron chi connectivity index (χ0n) is 15.7. The van der Waals surface area contributed by atoms with E-state index in [0.29, 0.717) is 19.5 Å². The number of urea groups is 1. The van der Waals surface area contributed by atoms with Crippen LogP contribution >= 0.6 is 0 Å². The Morgan fingerprint density at radius 1 is 1.24 bits per heavy atom. The molecular weight excluding hydrogens is 316 g/mol. The van der Waals surface area contributed by atoms with Crippen molar-refractivity contribution in [2.45, 2.75) is 51.4 Å². The normalized spacial score (nSPS) is 16.5. The summed E-state index contributed by atoms with van der Waals surface area (Å²) in [4.78, 5) is 12.3. The van der Waals surface area contributed by atoms with Gasteiger partial charge in [0.25, 0.3) is 0 Å². The number of para-hydroxylation sites is 1. The van der Waals surface area contributed by atoms with Gasteiger partial charge in [-0.1, -0.05) is 44.9 Å². The van der Waals surface area contributed by atoms with Crippen LogP contribution in [0.1, 0.15) is 51.5 Å². The predicted molar refractivity (Wildman–Crippen MR) is 100 cm³/mol. The highest BCUT2D eigenvalue weighted by atomic mass is 16.5. The van der Waals surface area contributed by atoms with Crippen molar-refractivity contribution in [3.8, 4) is 5.75 Å². The van der Waals surface area contributed by atoms with E-state index in [2.05, 4.69) is 16.7 Å². The van der Waals surface area contributed by atoms with Crippen molar-refractivity contribution >= 4 is 6.03 Å². The van der Waals surface area contributed by atoms with Gasteiger partial charge in [0, 0.05) is 30.7 Å². The predicted octanol–water partition coefficient (Wildman–Crippen LogP) is 3.21. The Morgan fingerprint density at radius 2 is 1.92 bits per heavy atom. The summed E-state index contributed by atoms with van der Waals surface area (Å²) in [5.41, 5.74) is 1.03. The summed E-state index contributed by atoms with van der Waals surface area (Å²) in [6.45, 7) is 5.36. The van der Waals surface area contributed by atoms with Crippen LogP contribution in [0.2, 0.25) is 0 Å². The zero-order chi connectivity index (χ0) is 18.3.